The highest BCUT2D eigenvalue weighted by Gasteiger charge is 2.77. The number of alkyl halides is 2. The minimum Gasteiger partial charge on any atom is -0.450 e. The molecule has 35 heavy (non-hydrogen) atoms. The van der Waals surface area contributed by atoms with E-state index < -0.39 is 63.8 Å². The highest BCUT2D eigenvalue weighted by atomic mass is 35.5. The van der Waals surface area contributed by atoms with Crippen LogP contribution in [0.25, 0.3) is 0 Å². The van der Waals surface area contributed by atoms with Gasteiger partial charge in [0.05, 0.1) is 11.0 Å². The van der Waals surface area contributed by atoms with Gasteiger partial charge in [0.1, 0.15) is 12.8 Å². The summed E-state index contributed by atoms with van der Waals surface area (Å²) in [4.78, 5) is 37.0. The third-order valence-corrected chi connectivity index (χ3v) is 10.7. The van der Waals surface area contributed by atoms with Crippen LogP contribution in [-0.2, 0) is 19.1 Å². The van der Waals surface area contributed by atoms with Crippen LogP contribution in [0.15, 0.2) is 23.8 Å². The van der Waals surface area contributed by atoms with Gasteiger partial charge in [-0.2, -0.15) is 0 Å². The van der Waals surface area contributed by atoms with Crippen molar-refractivity contribution in [2.75, 3.05) is 6.61 Å². The molecule has 3 fully saturated rings. The highest BCUT2D eigenvalue weighted by Crippen LogP contribution is 2.72. The number of aliphatic hydroxyl groups excluding tert-OH is 2. The lowest BCUT2D eigenvalue weighted by Crippen LogP contribution is -2.70. The summed E-state index contributed by atoms with van der Waals surface area (Å²) in [6.45, 7) is 6.52. The lowest BCUT2D eigenvalue weighted by Gasteiger charge is -2.64. The third-order valence-electron chi connectivity index (χ3n) is 9.74. The van der Waals surface area contributed by atoms with Gasteiger partial charge in [0.2, 0.25) is 5.78 Å². The zero-order chi connectivity index (χ0) is 26.0. The number of unbranched alkanes of at least 4 members (excludes halogenated alkanes) is 1. The maximum atomic E-state index is 15.7. The lowest BCUT2D eigenvalue weighted by molar-refractivity contribution is -0.203. The number of allylic oxidation sites excluding steroid dienone is 4. The zero-order valence-corrected chi connectivity index (χ0v) is 21.6. The Kier molecular flexibility index (Phi) is 6.64. The van der Waals surface area contributed by atoms with E-state index in [9.17, 15) is 24.6 Å². The number of rotatable bonds is 6. The van der Waals surface area contributed by atoms with Crippen LogP contribution in [-0.4, -0.2) is 57.1 Å². The van der Waals surface area contributed by atoms with E-state index in [4.69, 9.17) is 16.3 Å². The van der Waals surface area contributed by atoms with Crippen molar-refractivity contribution in [1.82, 2.24) is 0 Å². The second-order valence-electron chi connectivity index (χ2n) is 11.4. The molecule has 0 spiro atoms. The van der Waals surface area contributed by atoms with Gasteiger partial charge in [-0.3, -0.25) is 14.4 Å². The molecule has 4 aliphatic carbocycles. The minimum absolute atomic E-state index is 0.0107. The average molecular weight is 511 g/mol. The number of Topliss-reactive ketones (excluding diaryl/α,β-unsaturated/α-hetero) is 1. The van der Waals surface area contributed by atoms with E-state index in [1.165, 1.54) is 12.2 Å². The van der Waals surface area contributed by atoms with Crippen molar-refractivity contribution in [3.8, 4) is 0 Å². The van der Waals surface area contributed by atoms with Gasteiger partial charge < -0.3 is 14.9 Å². The van der Waals surface area contributed by atoms with Crippen LogP contribution in [0.4, 0.5) is 4.39 Å². The van der Waals surface area contributed by atoms with Crippen molar-refractivity contribution in [3.63, 3.8) is 0 Å². The fourth-order valence-electron chi connectivity index (χ4n) is 8.06. The fraction of sp³-hybridized carbons (Fsp3) is 0.741. The lowest BCUT2D eigenvalue weighted by atomic mass is 9.45. The SMILES string of the molecule is CCCCC(=O)O[C@@]1(C(=O)CO)C(C)C[C@H]2[C@@H]3CC(F)C4=CC(=O)C=C[C@]4(C)[C@@]3(Cl)[C@@H](O)C[C@@]21C. The Labute approximate surface area is 210 Å². The number of hydrogen-bond donors (Lipinski definition) is 2. The topological polar surface area (TPSA) is 101 Å². The van der Waals surface area contributed by atoms with Crippen LogP contribution in [0.5, 0.6) is 0 Å². The summed E-state index contributed by atoms with van der Waals surface area (Å²) in [7, 11) is 0. The van der Waals surface area contributed by atoms with Crippen molar-refractivity contribution >= 4 is 29.1 Å². The van der Waals surface area contributed by atoms with Gasteiger partial charge in [-0.25, -0.2) is 4.39 Å². The van der Waals surface area contributed by atoms with Gasteiger partial charge >= 0.3 is 5.97 Å². The number of hydrogen-bond acceptors (Lipinski definition) is 6. The summed E-state index contributed by atoms with van der Waals surface area (Å²) in [6.07, 6.45) is 3.64. The molecule has 0 radical (unpaired) electrons. The molecule has 0 aromatic carbocycles. The van der Waals surface area contributed by atoms with Crippen molar-refractivity contribution in [2.45, 2.75) is 89.0 Å². The van der Waals surface area contributed by atoms with Gasteiger partial charge in [0.25, 0.3) is 0 Å². The molecule has 0 aliphatic heterocycles. The molecule has 2 N–H and O–H groups in total. The Hall–Kier alpha value is -1.57. The molecule has 0 saturated heterocycles. The quantitative estimate of drug-likeness (QED) is 0.416. The Morgan fingerprint density at radius 2 is 1.94 bits per heavy atom. The van der Waals surface area contributed by atoms with Gasteiger partial charge in [-0.05, 0) is 55.2 Å². The molecule has 9 atom stereocenters. The number of ether oxygens (including phenoxy) is 1. The molecular weight excluding hydrogens is 475 g/mol. The van der Waals surface area contributed by atoms with Gasteiger partial charge in [-0.15, -0.1) is 11.6 Å². The number of aliphatic hydroxyl groups is 2. The van der Waals surface area contributed by atoms with E-state index in [2.05, 4.69) is 0 Å². The van der Waals surface area contributed by atoms with Crippen LogP contribution >= 0.6 is 11.6 Å². The first kappa shape index (κ1) is 26.5. The molecule has 0 heterocycles. The number of fused-ring (bicyclic) bond motifs is 5. The summed E-state index contributed by atoms with van der Waals surface area (Å²) < 4.78 is 21.7. The highest BCUT2D eigenvalue weighted by molar-refractivity contribution is 6.26. The molecular formula is C27H36ClFO6. The molecule has 4 aliphatic rings. The van der Waals surface area contributed by atoms with Crippen molar-refractivity contribution in [3.05, 3.63) is 23.8 Å². The molecule has 0 bridgehead atoms. The summed E-state index contributed by atoms with van der Waals surface area (Å²) in [5.41, 5.74) is -3.52. The number of halogens is 2. The van der Waals surface area contributed by atoms with Crippen LogP contribution in [0.1, 0.15) is 66.2 Å². The Morgan fingerprint density at radius 3 is 2.57 bits per heavy atom. The molecule has 0 aromatic heterocycles. The molecule has 4 rings (SSSR count). The first-order chi connectivity index (χ1) is 16.3. The molecule has 0 amide bonds. The third kappa shape index (κ3) is 3.37. The van der Waals surface area contributed by atoms with Gasteiger partial charge in [0.15, 0.2) is 11.4 Å². The molecule has 0 aromatic rings. The molecule has 194 valence electrons. The van der Waals surface area contributed by atoms with Crippen molar-refractivity contribution < 1.29 is 33.7 Å². The average Bonchev–Trinajstić information content (AvgIpc) is 3.02. The van der Waals surface area contributed by atoms with Crippen molar-refractivity contribution in [2.24, 2.45) is 28.6 Å². The van der Waals surface area contributed by atoms with E-state index in [0.717, 1.165) is 6.42 Å². The first-order valence-electron chi connectivity index (χ1n) is 12.7. The molecule has 2 unspecified atom stereocenters. The summed E-state index contributed by atoms with van der Waals surface area (Å²) in [6, 6.07) is 0. The maximum Gasteiger partial charge on any atom is 0.306 e. The predicted molar refractivity (Wildman–Crippen MR) is 128 cm³/mol. The van der Waals surface area contributed by atoms with E-state index in [-0.39, 0.29) is 36.5 Å². The first-order valence-corrected chi connectivity index (χ1v) is 13.0. The Bertz CT molecular complexity index is 994. The zero-order valence-electron chi connectivity index (χ0n) is 20.9. The van der Waals surface area contributed by atoms with Crippen LogP contribution in [0, 0.1) is 28.6 Å². The molecule has 3 saturated carbocycles. The second kappa shape index (κ2) is 8.77. The van der Waals surface area contributed by atoms with E-state index in [1.54, 1.807) is 13.0 Å². The monoisotopic (exact) mass is 510 g/mol. The Morgan fingerprint density at radius 1 is 1.26 bits per heavy atom. The number of carbonyl (C=O) groups excluding carboxylic acids is 3. The van der Waals surface area contributed by atoms with E-state index in [1.807, 2.05) is 20.8 Å². The standard InChI is InChI=1S/C27H36ClFO6/c1-5-6-7-23(34)35-27(22(33)14-30)15(2)10-17-18-12-20(29)19-11-16(31)8-9-24(19,3)26(18,28)21(32)13-25(17,27)4/h8-9,11,15,17-18,20-21,30,32H,5-7,10,12-14H2,1-4H3/t15?,17-,18-,20?,21-,24-,25-,26-,27+/m0/s1. The van der Waals surface area contributed by atoms with Gasteiger partial charge in [-0.1, -0.05) is 40.2 Å². The number of esters is 1. The largest absolute Gasteiger partial charge is 0.450 e. The van der Waals surface area contributed by atoms with E-state index in [0.29, 0.717) is 12.8 Å². The molecule has 6 nitrogen and oxygen atoms in total. The predicted octanol–water partition coefficient (Wildman–Crippen LogP) is 3.85. The van der Waals surface area contributed by atoms with Crippen LogP contribution in [0.3, 0.4) is 0 Å². The van der Waals surface area contributed by atoms with Crippen LogP contribution in [0.2, 0.25) is 0 Å². The number of carbonyl (C=O) groups is 3. The summed E-state index contributed by atoms with van der Waals surface area (Å²) in [5.74, 6) is -2.79. The fourth-order valence-corrected chi connectivity index (χ4v) is 8.55. The van der Waals surface area contributed by atoms with Crippen molar-refractivity contribution in [1.29, 1.82) is 0 Å². The molecule has 8 heteroatoms. The Balaban J connectivity index is 1.83. The minimum atomic E-state index is -1.64. The normalized spacial score (nSPS) is 46.3. The number of ketones is 2. The smallest absolute Gasteiger partial charge is 0.306 e. The maximum absolute atomic E-state index is 15.7. The second-order valence-corrected chi connectivity index (χ2v) is 12.0. The van der Waals surface area contributed by atoms with Gasteiger partial charge in [0, 0.05) is 23.2 Å². The van der Waals surface area contributed by atoms with E-state index >= 15 is 4.39 Å². The summed E-state index contributed by atoms with van der Waals surface area (Å²) >= 11 is 7.35. The van der Waals surface area contributed by atoms with Crippen LogP contribution < -0.4 is 0 Å². The summed E-state index contributed by atoms with van der Waals surface area (Å²) in [5, 5.41) is 21.6.